The normalized spacial score (nSPS) is 24.5. The van der Waals surface area contributed by atoms with E-state index in [2.05, 4.69) is 17.2 Å². The first-order valence-corrected chi connectivity index (χ1v) is 8.05. The van der Waals surface area contributed by atoms with Gasteiger partial charge in [0.25, 0.3) is 0 Å². The molecule has 90 valence electrons. The molecule has 0 bridgehead atoms. The minimum Gasteiger partial charge on any atom is -0.306 e. The van der Waals surface area contributed by atoms with E-state index in [9.17, 15) is 8.42 Å². The molecule has 0 aromatic carbocycles. The number of nitrogens with one attached hydrogen (secondary N) is 1. The Morgan fingerprint density at radius 3 is 2.88 bits per heavy atom. The Hall–Kier alpha value is -0.460. The third kappa shape index (κ3) is 2.44. The first-order chi connectivity index (χ1) is 7.52. The fraction of sp³-hybridized carbons (Fsp3) is 0.700. The summed E-state index contributed by atoms with van der Waals surface area (Å²) in [6.45, 7) is 4.61. The van der Waals surface area contributed by atoms with Crippen LogP contribution in [-0.2, 0) is 16.3 Å². The smallest absolute Gasteiger partial charge is 0.153 e. The second-order valence-electron chi connectivity index (χ2n) is 4.04. The number of hydrogen-bond acceptors (Lipinski definition) is 5. The van der Waals surface area contributed by atoms with Gasteiger partial charge < -0.3 is 5.32 Å². The second kappa shape index (κ2) is 4.43. The maximum atomic E-state index is 11.5. The fourth-order valence-electron chi connectivity index (χ4n) is 1.87. The van der Waals surface area contributed by atoms with Gasteiger partial charge in [-0.25, -0.2) is 13.4 Å². The van der Waals surface area contributed by atoms with Gasteiger partial charge in [0, 0.05) is 11.4 Å². The molecule has 0 spiro atoms. The lowest BCUT2D eigenvalue weighted by atomic mass is 10.3. The molecule has 1 aromatic heterocycles. The molecule has 0 radical (unpaired) electrons. The quantitative estimate of drug-likeness (QED) is 0.864. The van der Waals surface area contributed by atoms with Crippen molar-refractivity contribution in [2.45, 2.75) is 26.3 Å². The highest BCUT2D eigenvalue weighted by Crippen LogP contribution is 2.26. The number of sulfone groups is 1. The zero-order valence-corrected chi connectivity index (χ0v) is 11.1. The van der Waals surface area contributed by atoms with Crippen molar-refractivity contribution in [3.8, 4) is 0 Å². The maximum Gasteiger partial charge on any atom is 0.153 e. The van der Waals surface area contributed by atoms with Crippen LogP contribution in [0.4, 0.5) is 0 Å². The third-order valence-electron chi connectivity index (χ3n) is 2.75. The molecule has 1 unspecified atom stereocenters. The van der Waals surface area contributed by atoms with Crippen LogP contribution in [0.15, 0.2) is 0 Å². The molecule has 0 amide bonds. The summed E-state index contributed by atoms with van der Waals surface area (Å²) in [7, 11) is -2.89. The third-order valence-corrected chi connectivity index (χ3v) is 5.84. The summed E-state index contributed by atoms with van der Waals surface area (Å²) < 4.78 is 23.1. The molecule has 0 aliphatic carbocycles. The average molecular weight is 260 g/mol. The molecule has 2 rings (SSSR count). The van der Waals surface area contributed by atoms with Crippen molar-refractivity contribution in [3.63, 3.8) is 0 Å². The lowest BCUT2D eigenvalue weighted by molar-refractivity contribution is 0.529. The van der Waals surface area contributed by atoms with E-state index in [1.54, 1.807) is 11.3 Å². The van der Waals surface area contributed by atoms with E-state index in [-0.39, 0.29) is 17.5 Å². The topological polar surface area (TPSA) is 59.1 Å². The molecule has 1 aromatic rings. The summed E-state index contributed by atoms with van der Waals surface area (Å²) in [6.07, 6.45) is 0.961. The Balaban J connectivity index is 2.23. The second-order valence-corrected chi connectivity index (χ2v) is 7.38. The van der Waals surface area contributed by atoms with Crippen LogP contribution in [-0.4, -0.2) is 31.5 Å². The Labute approximate surface area is 100 Å². The molecule has 1 aliphatic rings. The zero-order valence-electron chi connectivity index (χ0n) is 9.49. The van der Waals surface area contributed by atoms with Crippen molar-refractivity contribution in [2.75, 3.05) is 18.1 Å². The van der Waals surface area contributed by atoms with Gasteiger partial charge >= 0.3 is 0 Å². The van der Waals surface area contributed by atoms with Crippen LogP contribution in [0.3, 0.4) is 0 Å². The summed E-state index contributed by atoms with van der Waals surface area (Å²) in [6, 6.07) is -0.109. The average Bonchev–Trinajstić information content (AvgIpc) is 2.58. The van der Waals surface area contributed by atoms with Gasteiger partial charge in [0.15, 0.2) is 9.84 Å². The van der Waals surface area contributed by atoms with Crippen LogP contribution >= 0.6 is 11.3 Å². The number of aryl methyl sites for hydroxylation is 2. The van der Waals surface area contributed by atoms with E-state index in [0.29, 0.717) is 6.54 Å². The molecule has 4 nitrogen and oxygen atoms in total. The van der Waals surface area contributed by atoms with Crippen LogP contribution in [0, 0.1) is 6.92 Å². The molecule has 1 N–H and O–H groups in total. The SMILES string of the molecule is CCc1sc(C2CS(=O)(=O)CCN2)nc1C. The van der Waals surface area contributed by atoms with Crippen LogP contribution in [0.1, 0.15) is 28.5 Å². The van der Waals surface area contributed by atoms with E-state index in [0.717, 1.165) is 17.1 Å². The van der Waals surface area contributed by atoms with Gasteiger partial charge in [-0.3, -0.25) is 0 Å². The molecule has 1 fully saturated rings. The van der Waals surface area contributed by atoms with E-state index < -0.39 is 9.84 Å². The van der Waals surface area contributed by atoms with Crippen LogP contribution in [0.25, 0.3) is 0 Å². The molecule has 1 aliphatic heterocycles. The van der Waals surface area contributed by atoms with Crippen LogP contribution in [0.5, 0.6) is 0 Å². The highest BCUT2D eigenvalue weighted by Gasteiger charge is 2.27. The highest BCUT2D eigenvalue weighted by atomic mass is 32.2. The van der Waals surface area contributed by atoms with Crippen molar-refractivity contribution in [1.82, 2.24) is 10.3 Å². The summed E-state index contributed by atoms with van der Waals surface area (Å²) >= 11 is 1.63. The molecular weight excluding hydrogens is 244 g/mol. The maximum absolute atomic E-state index is 11.5. The summed E-state index contributed by atoms with van der Waals surface area (Å²) in [5, 5.41) is 4.14. The Kier molecular flexibility index (Phi) is 3.32. The Morgan fingerprint density at radius 1 is 1.56 bits per heavy atom. The number of aromatic nitrogens is 1. The molecule has 2 heterocycles. The summed E-state index contributed by atoms with van der Waals surface area (Å²) in [5.41, 5.74) is 1.03. The monoisotopic (exact) mass is 260 g/mol. The van der Waals surface area contributed by atoms with Crippen molar-refractivity contribution >= 4 is 21.2 Å². The Bertz CT molecular complexity index is 479. The Morgan fingerprint density at radius 2 is 2.31 bits per heavy atom. The van der Waals surface area contributed by atoms with Crippen molar-refractivity contribution < 1.29 is 8.42 Å². The highest BCUT2D eigenvalue weighted by molar-refractivity contribution is 7.91. The molecular formula is C10H16N2O2S2. The van der Waals surface area contributed by atoms with Gasteiger partial charge in [-0.05, 0) is 13.3 Å². The lowest BCUT2D eigenvalue weighted by Crippen LogP contribution is -2.39. The fourth-order valence-corrected chi connectivity index (χ4v) is 4.44. The van der Waals surface area contributed by atoms with Gasteiger partial charge in [0.05, 0.1) is 23.2 Å². The largest absolute Gasteiger partial charge is 0.306 e. The minimum absolute atomic E-state index is 0.109. The molecule has 1 saturated heterocycles. The number of hydrogen-bond donors (Lipinski definition) is 1. The van der Waals surface area contributed by atoms with E-state index in [1.165, 1.54) is 4.88 Å². The predicted molar refractivity (Wildman–Crippen MR) is 65.6 cm³/mol. The molecule has 16 heavy (non-hydrogen) atoms. The van der Waals surface area contributed by atoms with Crippen molar-refractivity contribution in [3.05, 3.63) is 15.6 Å². The minimum atomic E-state index is -2.89. The van der Waals surface area contributed by atoms with Gasteiger partial charge in [-0.15, -0.1) is 11.3 Å². The first-order valence-electron chi connectivity index (χ1n) is 5.42. The van der Waals surface area contributed by atoms with Crippen LogP contribution in [0.2, 0.25) is 0 Å². The zero-order chi connectivity index (χ0) is 11.8. The van der Waals surface area contributed by atoms with E-state index in [4.69, 9.17) is 0 Å². The summed E-state index contributed by atoms with van der Waals surface area (Å²) in [4.78, 5) is 5.71. The standard InChI is InChI=1S/C10H16N2O2S2/c1-3-9-7(2)12-10(15-9)8-6-16(13,14)5-4-11-8/h8,11H,3-6H2,1-2H3. The van der Waals surface area contributed by atoms with Gasteiger partial charge in [-0.1, -0.05) is 6.92 Å². The van der Waals surface area contributed by atoms with Crippen molar-refractivity contribution in [1.29, 1.82) is 0 Å². The van der Waals surface area contributed by atoms with E-state index in [1.807, 2.05) is 6.92 Å². The summed E-state index contributed by atoms with van der Waals surface area (Å²) in [5.74, 6) is 0.428. The number of rotatable bonds is 2. The molecule has 1 atom stereocenters. The molecule has 0 saturated carbocycles. The lowest BCUT2D eigenvalue weighted by Gasteiger charge is -2.21. The molecule has 6 heteroatoms. The van der Waals surface area contributed by atoms with Gasteiger partial charge in [-0.2, -0.15) is 0 Å². The van der Waals surface area contributed by atoms with Crippen molar-refractivity contribution in [2.24, 2.45) is 0 Å². The van der Waals surface area contributed by atoms with Crippen LogP contribution < -0.4 is 5.32 Å². The predicted octanol–water partition coefficient (Wildman–Crippen LogP) is 1.07. The first kappa shape index (κ1) is 12.0. The van der Waals surface area contributed by atoms with Gasteiger partial charge in [0.1, 0.15) is 5.01 Å². The number of thiazole rings is 1. The number of nitrogens with zero attached hydrogens (tertiary/aromatic N) is 1. The van der Waals surface area contributed by atoms with E-state index >= 15 is 0 Å². The van der Waals surface area contributed by atoms with Gasteiger partial charge in [0.2, 0.25) is 0 Å².